The fourth-order valence-electron chi connectivity index (χ4n) is 3.24. The van der Waals surface area contributed by atoms with Crippen LogP contribution < -0.4 is 5.32 Å². The fraction of sp³-hybridized carbons (Fsp3) is 0.786. The minimum Gasteiger partial charge on any atom is -0.334 e. The van der Waals surface area contributed by atoms with Gasteiger partial charge in [-0.15, -0.1) is 0 Å². The Bertz CT molecular complexity index is 367. The smallest absolute Gasteiger partial charge is 0.0948 e. The van der Waals surface area contributed by atoms with Crippen molar-refractivity contribution in [3.63, 3.8) is 0 Å². The Morgan fingerprint density at radius 3 is 2.88 bits per heavy atom. The molecule has 2 aliphatic rings. The molecule has 3 nitrogen and oxygen atoms in total. The molecular formula is C14H23N3. The van der Waals surface area contributed by atoms with Gasteiger partial charge in [-0.05, 0) is 18.3 Å². The molecule has 3 heteroatoms. The minimum atomic E-state index is 0.705. The van der Waals surface area contributed by atoms with Crippen molar-refractivity contribution < 1.29 is 0 Å². The molecule has 1 aliphatic carbocycles. The van der Waals surface area contributed by atoms with Gasteiger partial charge in [0.2, 0.25) is 0 Å². The van der Waals surface area contributed by atoms with Gasteiger partial charge in [-0.3, -0.25) is 0 Å². The summed E-state index contributed by atoms with van der Waals surface area (Å²) >= 11 is 0. The number of hydrogen-bond acceptors (Lipinski definition) is 2. The van der Waals surface area contributed by atoms with Crippen LogP contribution in [0, 0.1) is 11.8 Å². The number of rotatable bonds is 3. The summed E-state index contributed by atoms with van der Waals surface area (Å²) in [6.07, 6.45) is 9.78. The zero-order chi connectivity index (χ0) is 11.7. The van der Waals surface area contributed by atoms with Crippen LogP contribution in [0.4, 0.5) is 0 Å². The lowest BCUT2D eigenvalue weighted by Crippen LogP contribution is -2.41. The first kappa shape index (κ1) is 11.3. The second kappa shape index (κ2) is 4.81. The van der Waals surface area contributed by atoms with E-state index in [1.54, 1.807) is 0 Å². The molecule has 17 heavy (non-hydrogen) atoms. The molecule has 2 heterocycles. The second-order valence-corrected chi connectivity index (χ2v) is 5.85. The topological polar surface area (TPSA) is 29.9 Å². The van der Waals surface area contributed by atoms with E-state index in [1.807, 2.05) is 6.33 Å². The highest BCUT2D eigenvalue weighted by atomic mass is 15.1. The maximum Gasteiger partial charge on any atom is 0.0948 e. The van der Waals surface area contributed by atoms with Crippen LogP contribution in [-0.4, -0.2) is 22.6 Å². The molecular weight excluding hydrogens is 210 g/mol. The summed E-state index contributed by atoms with van der Waals surface area (Å²) in [4.78, 5) is 4.35. The van der Waals surface area contributed by atoms with E-state index in [1.165, 1.54) is 37.9 Å². The molecule has 1 saturated heterocycles. The molecule has 94 valence electrons. The van der Waals surface area contributed by atoms with Gasteiger partial charge in [0, 0.05) is 37.4 Å². The largest absolute Gasteiger partial charge is 0.334 e. The van der Waals surface area contributed by atoms with Crippen LogP contribution in [-0.2, 0) is 6.54 Å². The molecule has 0 spiro atoms. The van der Waals surface area contributed by atoms with E-state index >= 15 is 0 Å². The molecule has 1 aliphatic heterocycles. The molecule has 0 bridgehead atoms. The molecule has 1 aromatic heterocycles. The zero-order valence-electron chi connectivity index (χ0n) is 10.7. The van der Waals surface area contributed by atoms with Crippen molar-refractivity contribution in [2.24, 2.45) is 11.8 Å². The summed E-state index contributed by atoms with van der Waals surface area (Å²) < 4.78 is 2.41. The standard InChI is InChI=1S/C14H23N3/c1-11-4-2-3-5-12(11)9-17-10-16-8-14(17)13-6-15-7-13/h8,10-13,15H,2-7,9H2,1H3. The molecule has 2 atom stereocenters. The molecule has 0 aromatic carbocycles. The number of nitrogens with one attached hydrogen (secondary N) is 1. The lowest BCUT2D eigenvalue weighted by Gasteiger charge is -2.32. The van der Waals surface area contributed by atoms with Gasteiger partial charge in [0.25, 0.3) is 0 Å². The average molecular weight is 233 g/mol. The van der Waals surface area contributed by atoms with Crippen LogP contribution >= 0.6 is 0 Å². The molecule has 1 aromatic rings. The zero-order valence-corrected chi connectivity index (χ0v) is 10.7. The van der Waals surface area contributed by atoms with Crippen LogP contribution in [0.3, 0.4) is 0 Å². The van der Waals surface area contributed by atoms with Crippen molar-refractivity contribution in [3.05, 3.63) is 18.2 Å². The average Bonchev–Trinajstić information content (AvgIpc) is 2.68. The first-order chi connectivity index (χ1) is 8.34. The summed E-state index contributed by atoms with van der Waals surface area (Å²) in [7, 11) is 0. The summed E-state index contributed by atoms with van der Waals surface area (Å²) in [5, 5.41) is 3.35. The second-order valence-electron chi connectivity index (χ2n) is 5.85. The number of imidazole rings is 1. The Labute approximate surface area is 104 Å². The Balaban J connectivity index is 1.69. The SMILES string of the molecule is CC1CCCCC1Cn1cncc1C1CNC1. The van der Waals surface area contributed by atoms with Gasteiger partial charge in [0.1, 0.15) is 0 Å². The number of aromatic nitrogens is 2. The molecule has 2 fully saturated rings. The molecule has 1 saturated carbocycles. The van der Waals surface area contributed by atoms with E-state index in [-0.39, 0.29) is 0 Å². The molecule has 1 N–H and O–H groups in total. The van der Waals surface area contributed by atoms with E-state index in [4.69, 9.17) is 0 Å². The predicted octanol–water partition coefficient (Wildman–Crippen LogP) is 2.40. The summed E-state index contributed by atoms with van der Waals surface area (Å²) in [5.74, 6) is 2.46. The Hall–Kier alpha value is -0.830. The Morgan fingerprint density at radius 1 is 1.35 bits per heavy atom. The van der Waals surface area contributed by atoms with Crippen molar-refractivity contribution in [1.29, 1.82) is 0 Å². The molecule has 0 radical (unpaired) electrons. The third-order valence-corrected chi connectivity index (χ3v) is 4.66. The van der Waals surface area contributed by atoms with Gasteiger partial charge in [0.15, 0.2) is 0 Å². The van der Waals surface area contributed by atoms with Gasteiger partial charge >= 0.3 is 0 Å². The van der Waals surface area contributed by atoms with E-state index in [9.17, 15) is 0 Å². The Kier molecular flexibility index (Phi) is 3.19. The van der Waals surface area contributed by atoms with E-state index in [2.05, 4.69) is 28.0 Å². The van der Waals surface area contributed by atoms with Crippen molar-refractivity contribution in [3.8, 4) is 0 Å². The molecule has 0 amide bonds. The highest BCUT2D eigenvalue weighted by molar-refractivity contribution is 5.11. The third-order valence-electron chi connectivity index (χ3n) is 4.66. The normalized spacial score (nSPS) is 30.2. The van der Waals surface area contributed by atoms with Gasteiger partial charge in [0.05, 0.1) is 6.33 Å². The monoisotopic (exact) mass is 233 g/mol. The maximum absolute atomic E-state index is 4.35. The van der Waals surface area contributed by atoms with E-state index in [0.717, 1.165) is 24.9 Å². The number of nitrogens with zero attached hydrogens (tertiary/aromatic N) is 2. The highest BCUT2D eigenvalue weighted by Gasteiger charge is 2.26. The van der Waals surface area contributed by atoms with Crippen LogP contribution in [0.1, 0.15) is 44.2 Å². The van der Waals surface area contributed by atoms with Gasteiger partial charge in [-0.1, -0.05) is 26.2 Å². The lowest BCUT2D eigenvalue weighted by molar-refractivity contribution is 0.224. The van der Waals surface area contributed by atoms with Crippen molar-refractivity contribution in [1.82, 2.24) is 14.9 Å². The van der Waals surface area contributed by atoms with E-state index in [0.29, 0.717) is 5.92 Å². The molecule has 3 rings (SSSR count). The first-order valence-electron chi connectivity index (χ1n) is 7.05. The summed E-state index contributed by atoms with van der Waals surface area (Å²) in [6.45, 7) is 5.87. The van der Waals surface area contributed by atoms with Crippen molar-refractivity contribution in [2.45, 2.75) is 45.1 Å². The van der Waals surface area contributed by atoms with E-state index < -0.39 is 0 Å². The molecule has 2 unspecified atom stereocenters. The quantitative estimate of drug-likeness (QED) is 0.869. The van der Waals surface area contributed by atoms with Gasteiger partial charge in [-0.25, -0.2) is 4.98 Å². The predicted molar refractivity (Wildman–Crippen MR) is 69.0 cm³/mol. The third kappa shape index (κ3) is 2.25. The van der Waals surface area contributed by atoms with Gasteiger partial charge < -0.3 is 9.88 Å². The van der Waals surface area contributed by atoms with Crippen LogP contribution in [0.15, 0.2) is 12.5 Å². The summed E-state index contributed by atoms with van der Waals surface area (Å²) in [5.41, 5.74) is 1.45. The first-order valence-corrected chi connectivity index (χ1v) is 7.05. The maximum atomic E-state index is 4.35. The number of hydrogen-bond donors (Lipinski definition) is 1. The van der Waals surface area contributed by atoms with Crippen LogP contribution in [0.5, 0.6) is 0 Å². The summed E-state index contributed by atoms with van der Waals surface area (Å²) in [6, 6.07) is 0. The van der Waals surface area contributed by atoms with Crippen LogP contribution in [0.2, 0.25) is 0 Å². The van der Waals surface area contributed by atoms with Gasteiger partial charge in [-0.2, -0.15) is 0 Å². The Morgan fingerprint density at radius 2 is 2.18 bits per heavy atom. The van der Waals surface area contributed by atoms with Crippen molar-refractivity contribution >= 4 is 0 Å². The minimum absolute atomic E-state index is 0.705. The lowest BCUT2D eigenvalue weighted by atomic mass is 9.80. The van der Waals surface area contributed by atoms with Crippen LogP contribution in [0.25, 0.3) is 0 Å². The highest BCUT2D eigenvalue weighted by Crippen LogP contribution is 2.31. The fourth-order valence-corrected chi connectivity index (χ4v) is 3.24. The van der Waals surface area contributed by atoms with Crippen molar-refractivity contribution in [2.75, 3.05) is 13.1 Å².